The molecule has 0 aliphatic rings. The Labute approximate surface area is 120 Å². The lowest BCUT2D eigenvalue weighted by molar-refractivity contribution is 0.242. The first kappa shape index (κ1) is 14.5. The summed E-state index contributed by atoms with van der Waals surface area (Å²) in [5, 5.41) is 3.25. The fourth-order valence-corrected chi connectivity index (χ4v) is 2.03. The third kappa shape index (κ3) is 4.63. The second-order valence-electron chi connectivity index (χ2n) is 5.04. The molecule has 0 radical (unpaired) electrons. The smallest absolute Gasteiger partial charge is 0.222 e. The van der Waals surface area contributed by atoms with Crippen molar-refractivity contribution in [2.45, 2.75) is 25.9 Å². The molecule has 0 aliphatic carbocycles. The Bertz CT molecular complexity index is 486. The van der Waals surface area contributed by atoms with Crippen molar-refractivity contribution in [3.8, 4) is 0 Å². The molecule has 0 amide bonds. The highest BCUT2D eigenvalue weighted by atomic mass is 15.1. The summed E-state index contributed by atoms with van der Waals surface area (Å²) in [7, 11) is 2.16. The van der Waals surface area contributed by atoms with E-state index in [1.165, 1.54) is 5.56 Å². The third-order valence-corrected chi connectivity index (χ3v) is 3.44. The summed E-state index contributed by atoms with van der Waals surface area (Å²) < 4.78 is 0. The van der Waals surface area contributed by atoms with Gasteiger partial charge in [-0.3, -0.25) is 4.90 Å². The van der Waals surface area contributed by atoms with Crippen LogP contribution in [0.25, 0.3) is 0 Å². The first-order valence-corrected chi connectivity index (χ1v) is 7.01. The zero-order valence-corrected chi connectivity index (χ0v) is 12.2. The van der Waals surface area contributed by atoms with Gasteiger partial charge in [-0.2, -0.15) is 0 Å². The molecule has 1 aromatic heterocycles. The van der Waals surface area contributed by atoms with Gasteiger partial charge in [-0.1, -0.05) is 30.3 Å². The van der Waals surface area contributed by atoms with Crippen molar-refractivity contribution in [2.24, 2.45) is 0 Å². The second kappa shape index (κ2) is 7.60. The zero-order valence-electron chi connectivity index (χ0n) is 12.2. The van der Waals surface area contributed by atoms with Crippen LogP contribution in [0.2, 0.25) is 0 Å². The molecule has 1 aromatic carbocycles. The predicted molar refractivity (Wildman–Crippen MR) is 82.5 cm³/mol. The van der Waals surface area contributed by atoms with Crippen LogP contribution >= 0.6 is 0 Å². The van der Waals surface area contributed by atoms with Gasteiger partial charge in [0, 0.05) is 31.5 Å². The van der Waals surface area contributed by atoms with Gasteiger partial charge in [-0.25, -0.2) is 9.97 Å². The molecule has 1 N–H and O–H groups in total. The van der Waals surface area contributed by atoms with Crippen LogP contribution in [0, 0.1) is 0 Å². The molecule has 0 bridgehead atoms. The minimum absolute atomic E-state index is 0.506. The van der Waals surface area contributed by atoms with E-state index in [1.807, 2.05) is 6.07 Å². The van der Waals surface area contributed by atoms with E-state index < -0.39 is 0 Å². The van der Waals surface area contributed by atoms with E-state index in [0.717, 1.165) is 19.5 Å². The van der Waals surface area contributed by atoms with Gasteiger partial charge in [-0.05, 0) is 32.0 Å². The molecule has 0 fully saturated rings. The summed E-state index contributed by atoms with van der Waals surface area (Å²) in [5.41, 5.74) is 1.35. The fourth-order valence-electron chi connectivity index (χ4n) is 2.03. The molecule has 1 heterocycles. The van der Waals surface area contributed by atoms with Crippen LogP contribution < -0.4 is 5.32 Å². The van der Waals surface area contributed by atoms with Crippen molar-refractivity contribution in [3.63, 3.8) is 0 Å². The van der Waals surface area contributed by atoms with E-state index in [-0.39, 0.29) is 0 Å². The Morgan fingerprint density at radius 1 is 1.10 bits per heavy atom. The Hall–Kier alpha value is -1.94. The molecule has 106 valence electrons. The van der Waals surface area contributed by atoms with Gasteiger partial charge >= 0.3 is 0 Å². The number of nitrogens with one attached hydrogen (secondary N) is 1. The molecule has 2 rings (SSSR count). The van der Waals surface area contributed by atoms with Crippen molar-refractivity contribution < 1.29 is 0 Å². The van der Waals surface area contributed by atoms with Crippen LogP contribution in [-0.2, 0) is 6.54 Å². The zero-order chi connectivity index (χ0) is 14.2. The molecule has 4 nitrogen and oxygen atoms in total. The minimum Gasteiger partial charge on any atom is -0.354 e. The van der Waals surface area contributed by atoms with E-state index in [2.05, 4.69) is 64.5 Å². The Morgan fingerprint density at radius 3 is 2.50 bits per heavy atom. The lowest BCUT2D eigenvalue weighted by Crippen LogP contribution is -2.30. The van der Waals surface area contributed by atoms with Gasteiger partial charge in [0.1, 0.15) is 0 Å². The number of rotatable bonds is 7. The van der Waals surface area contributed by atoms with Gasteiger partial charge in [0.25, 0.3) is 0 Å². The Balaban J connectivity index is 1.73. The van der Waals surface area contributed by atoms with Crippen LogP contribution in [0.4, 0.5) is 5.95 Å². The topological polar surface area (TPSA) is 41.1 Å². The lowest BCUT2D eigenvalue weighted by Gasteiger charge is -2.24. The van der Waals surface area contributed by atoms with E-state index in [1.54, 1.807) is 12.4 Å². The predicted octanol–water partition coefficient (Wildman–Crippen LogP) is 2.80. The highest BCUT2D eigenvalue weighted by molar-refractivity contribution is 5.21. The number of benzene rings is 1. The monoisotopic (exact) mass is 270 g/mol. The molecule has 1 atom stereocenters. The van der Waals surface area contributed by atoms with Crippen LogP contribution in [-0.4, -0.2) is 34.5 Å². The number of hydrogen-bond acceptors (Lipinski definition) is 4. The molecular weight excluding hydrogens is 248 g/mol. The summed E-state index contributed by atoms with van der Waals surface area (Å²) in [5.74, 6) is 0.699. The quantitative estimate of drug-likeness (QED) is 0.840. The minimum atomic E-state index is 0.506. The van der Waals surface area contributed by atoms with Gasteiger partial charge in [0.2, 0.25) is 5.95 Å². The van der Waals surface area contributed by atoms with E-state index in [9.17, 15) is 0 Å². The summed E-state index contributed by atoms with van der Waals surface area (Å²) >= 11 is 0. The normalized spacial score (nSPS) is 12.3. The van der Waals surface area contributed by atoms with E-state index >= 15 is 0 Å². The highest BCUT2D eigenvalue weighted by Crippen LogP contribution is 2.08. The first-order valence-electron chi connectivity index (χ1n) is 7.01. The van der Waals surface area contributed by atoms with Crippen LogP contribution in [0.1, 0.15) is 18.9 Å². The Kier molecular flexibility index (Phi) is 5.50. The third-order valence-electron chi connectivity index (χ3n) is 3.44. The van der Waals surface area contributed by atoms with Gasteiger partial charge in [0.05, 0.1) is 0 Å². The van der Waals surface area contributed by atoms with E-state index in [0.29, 0.717) is 12.0 Å². The molecule has 0 saturated carbocycles. The van der Waals surface area contributed by atoms with Gasteiger partial charge in [-0.15, -0.1) is 0 Å². The van der Waals surface area contributed by atoms with Crippen LogP contribution in [0.5, 0.6) is 0 Å². The SMILES string of the molecule is CC(CCNc1ncccn1)N(C)Cc1ccccc1. The summed E-state index contributed by atoms with van der Waals surface area (Å²) in [4.78, 5) is 10.7. The molecule has 4 heteroatoms. The van der Waals surface area contributed by atoms with Crippen molar-refractivity contribution in [1.82, 2.24) is 14.9 Å². The molecule has 0 aliphatic heterocycles. The summed E-state index contributed by atoms with van der Waals surface area (Å²) in [6, 6.07) is 12.9. The average Bonchev–Trinajstić information content (AvgIpc) is 2.49. The van der Waals surface area contributed by atoms with Gasteiger partial charge < -0.3 is 5.32 Å². The number of aromatic nitrogens is 2. The molecule has 0 spiro atoms. The standard InChI is InChI=1S/C16H22N4/c1-14(9-12-19-16-17-10-6-11-18-16)20(2)13-15-7-4-3-5-8-15/h3-8,10-11,14H,9,12-13H2,1-2H3,(H,17,18,19). The van der Waals surface area contributed by atoms with Crippen LogP contribution in [0.3, 0.4) is 0 Å². The largest absolute Gasteiger partial charge is 0.354 e. The molecular formula is C16H22N4. The van der Waals surface area contributed by atoms with Crippen molar-refractivity contribution >= 4 is 5.95 Å². The highest BCUT2D eigenvalue weighted by Gasteiger charge is 2.09. The number of nitrogens with zero attached hydrogens (tertiary/aromatic N) is 3. The maximum atomic E-state index is 4.15. The lowest BCUT2D eigenvalue weighted by atomic mass is 10.1. The maximum absolute atomic E-state index is 4.15. The molecule has 0 saturated heterocycles. The van der Waals surface area contributed by atoms with Crippen molar-refractivity contribution in [3.05, 3.63) is 54.4 Å². The van der Waals surface area contributed by atoms with Crippen molar-refractivity contribution in [1.29, 1.82) is 0 Å². The number of anilines is 1. The molecule has 20 heavy (non-hydrogen) atoms. The fraction of sp³-hybridized carbons (Fsp3) is 0.375. The van der Waals surface area contributed by atoms with Gasteiger partial charge in [0.15, 0.2) is 0 Å². The summed E-state index contributed by atoms with van der Waals surface area (Å²) in [6.07, 6.45) is 4.56. The second-order valence-corrected chi connectivity index (χ2v) is 5.04. The van der Waals surface area contributed by atoms with Crippen LogP contribution in [0.15, 0.2) is 48.8 Å². The summed E-state index contributed by atoms with van der Waals surface area (Å²) in [6.45, 7) is 4.10. The maximum Gasteiger partial charge on any atom is 0.222 e. The van der Waals surface area contributed by atoms with E-state index in [4.69, 9.17) is 0 Å². The molecule has 1 unspecified atom stereocenters. The first-order chi connectivity index (χ1) is 9.75. The average molecular weight is 270 g/mol. The van der Waals surface area contributed by atoms with Crippen molar-refractivity contribution in [2.75, 3.05) is 18.9 Å². The Morgan fingerprint density at radius 2 is 1.80 bits per heavy atom. The molecule has 2 aromatic rings. The number of hydrogen-bond donors (Lipinski definition) is 1.